The first kappa shape index (κ1) is 30.1. The number of nitrogens with zero attached hydrogens (tertiary/aromatic N) is 8. The Kier molecular flexibility index (Phi) is 8.46. The number of nitriles is 1. The van der Waals surface area contributed by atoms with E-state index in [0.717, 1.165) is 88.0 Å². The van der Waals surface area contributed by atoms with Crippen LogP contribution in [0.1, 0.15) is 24.8 Å². The topological polar surface area (TPSA) is 109 Å². The van der Waals surface area contributed by atoms with Crippen LogP contribution in [0.15, 0.2) is 65.2 Å². The zero-order chi connectivity index (χ0) is 31.0. The van der Waals surface area contributed by atoms with Gasteiger partial charge >= 0.3 is 0 Å². The molecule has 3 fully saturated rings. The zero-order valence-corrected chi connectivity index (χ0v) is 26.6. The van der Waals surface area contributed by atoms with E-state index in [1.54, 1.807) is 0 Å². The number of amides is 1. The number of carbonyl (C=O) groups is 1. The molecule has 6 aliphatic rings. The van der Waals surface area contributed by atoms with Gasteiger partial charge in [0.1, 0.15) is 6.54 Å². The van der Waals surface area contributed by atoms with E-state index in [1.165, 1.54) is 0 Å². The van der Waals surface area contributed by atoms with E-state index >= 15 is 0 Å². The summed E-state index contributed by atoms with van der Waals surface area (Å²) in [7, 11) is 2.19. The van der Waals surface area contributed by atoms with Crippen LogP contribution >= 0.6 is 11.6 Å². The summed E-state index contributed by atoms with van der Waals surface area (Å²) < 4.78 is 0. The molecule has 0 bridgehead atoms. The minimum Gasteiger partial charge on any atom is -0.367 e. The largest absolute Gasteiger partial charge is 0.367 e. The number of halogens is 1. The number of nitrogens with one attached hydrogen (secondary N) is 3. The van der Waals surface area contributed by atoms with Crippen LogP contribution in [0.2, 0.25) is 5.02 Å². The van der Waals surface area contributed by atoms with Gasteiger partial charge in [0, 0.05) is 93.4 Å². The maximum absolute atomic E-state index is 13.1. The first-order chi connectivity index (χ1) is 21.9. The lowest BCUT2D eigenvalue weighted by atomic mass is 9.71. The molecule has 1 aromatic rings. The quantitative estimate of drug-likeness (QED) is 0.388. The number of rotatable bonds is 8. The Balaban J connectivity index is 0.914. The van der Waals surface area contributed by atoms with E-state index in [1.807, 2.05) is 51.6 Å². The molecule has 12 nitrogen and oxygen atoms in total. The summed E-state index contributed by atoms with van der Waals surface area (Å²) in [6.07, 6.45) is 10.2. The summed E-state index contributed by atoms with van der Waals surface area (Å²) >= 11 is 6.29. The number of likely N-dealkylation sites (N-methyl/N-ethyl adjacent to an activating group) is 1. The number of hydrogen-bond donors (Lipinski definition) is 3. The molecule has 6 aliphatic heterocycles. The number of benzene rings is 1. The van der Waals surface area contributed by atoms with E-state index in [-0.39, 0.29) is 17.6 Å². The number of carbonyl (C=O) groups excluding carboxylic acids is 1. The standard InChI is InChI=1S/C32H42ClN11O/c1-39-14-16-40(17-15-39)27-7-12-41(13-8-27)29(45)21-43-20-26(19-35-43)36-31-37-30-28(6-3-11-44(30)38-31)42-22-32(23-42,9-10-34)24-4-2-5-25(33)18-24/h2-6,11,18,20,27,31,35-36,38H,7-9,12-17,19,21-23H2,1H3. The highest BCUT2D eigenvalue weighted by atomic mass is 35.5. The van der Waals surface area contributed by atoms with Gasteiger partial charge in [-0.1, -0.05) is 23.7 Å². The van der Waals surface area contributed by atoms with Crippen molar-refractivity contribution < 1.29 is 4.79 Å². The number of amidine groups is 1. The Morgan fingerprint density at radius 1 is 1.18 bits per heavy atom. The fraction of sp³-hybridized carbons (Fsp3) is 0.531. The molecule has 1 unspecified atom stereocenters. The second kappa shape index (κ2) is 12.7. The molecule has 3 N–H and O–H groups in total. The van der Waals surface area contributed by atoms with Crippen LogP contribution in [0.3, 0.4) is 0 Å². The van der Waals surface area contributed by atoms with E-state index in [4.69, 9.17) is 16.6 Å². The Morgan fingerprint density at radius 2 is 1.98 bits per heavy atom. The van der Waals surface area contributed by atoms with Gasteiger partial charge in [-0.15, -0.1) is 0 Å². The van der Waals surface area contributed by atoms with Crippen molar-refractivity contribution in [1.82, 2.24) is 45.8 Å². The van der Waals surface area contributed by atoms with Crippen molar-refractivity contribution in [2.75, 3.05) is 72.5 Å². The van der Waals surface area contributed by atoms with Gasteiger partial charge in [-0.25, -0.2) is 10.4 Å². The lowest BCUT2D eigenvalue weighted by Gasteiger charge is -2.52. The molecule has 3 saturated heterocycles. The van der Waals surface area contributed by atoms with Crippen molar-refractivity contribution in [3.63, 3.8) is 0 Å². The number of hydrazine groups is 2. The highest BCUT2D eigenvalue weighted by Crippen LogP contribution is 2.41. The minimum absolute atomic E-state index is 0.160. The van der Waals surface area contributed by atoms with Crippen LogP contribution < -0.4 is 16.2 Å². The molecule has 0 radical (unpaired) electrons. The molecule has 0 aliphatic carbocycles. The highest BCUT2D eigenvalue weighted by Gasteiger charge is 2.47. The number of piperazine rings is 1. The van der Waals surface area contributed by atoms with E-state index in [0.29, 0.717) is 30.6 Å². The molecule has 6 heterocycles. The van der Waals surface area contributed by atoms with Crippen molar-refractivity contribution in [2.45, 2.75) is 37.0 Å². The molecule has 0 spiro atoms. The number of likely N-dealkylation sites (tertiary alicyclic amines) is 2. The maximum Gasteiger partial charge on any atom is 0.243 e. The zero-order valence-electron chi connectivity index (χ0n) is 25.8. The first-order valence-electron chi connectivity index (χ1n) is 16.0. The van der Waals surface area contributed by atoms with E-state index < -0.39 is 0 Å². The van der Waals surface area contributed by atoms with Gasteiger partial charge in [-0.05, 0) is 49.7 Å². The molecule has 45 heavy (non-hydrogen) atoms. The summed E-state index contributed by atoms with van der Waals surface area (Å²) in [4.78, 5) is 27.4. The Hall–Kier alpha value is -3.60. The van der Waals surface area contributed by atoms with Crippen molar-refractivity contribution in [1.29, 1.82) is 5.26 Å². The van der Waals surface area contributed by atoms with Gasteiger partial charge in [0.2, 0.25) is 5.91 Å². The second-order valence-electron chi connectivity index (χ2n) is 12.9. The summed E-state index contributed by atoms with van der Waals surface area (Å²) in [6.45, 7) is 8.53. The lowest BCUT2D eigenvalue weighted by Crippen LogP contribution is -2.60. The average molecular weight is 632 g/mol. The van der Waals surface area contributed by atoms with Gasteiger partial charge in [0.25, 0.3) is 0 Å². The second-order valence-corrected chi connectivity index (χ2v) is 13.4. The molecule has 0 aromatic heterocycles. The fourth-order valence-electron chi connectivity index (χ4n) is 7.28. The number of fused-ring (bicyclic) bond motifs is 1. The summed E-state index contributed by atoms with van der Waals surface area (Å²) in [5.41, 5.74) is 9.56. The number of hydrogen-bond acceptors (Lipinski definition) is 11. The molecule has 13 heteroatoms. The smallest absolute Gasteiger partial charge is 0.243 e. The van der Waals surface area contributed by atoms with Crippen molar-refractivity contribution >= 4 is 23.3 Å². The molecule has 238 valence electrons. The van der Waals surface area contributed by atoms with Crippen LogP contribution in [0.25, 0.3) is 0 Å². The van der Waals surface area contributed by atoms with Crippen LogP contribution in [0.5, 0.6) is 0 Å². The predicted molar refractivity (Wildman–Crippen MR) is 173 cm³/mol. The average Bonchev–Trinajstić information content (AvgIpc) is 3.65. The normalized spacial score (nSPS) is 25.4. The first-order valence-corrected chi connectivity index (χ1v) is 16.3. The molecule has 1 amide bonds. The predicted octanol–water partition coefficient (Wildman–Crippen LogP) is 1.21. The number of piperidine rings is 1. The van der Waals surface area contributed by atoms with Crippen molar-refractivity contribution in [3.05, 3.63) is 70.8 Å². The summed E-state index contributed by atoms with van der Waals surface area (Å²) in [6, 6.07) is 10.8. The monoisotopic (exact) mass is 631 g/mol. The molecule has 1 atom stereocenters. The van der Waals surface area contributed by atoms with Crippen LogP contribution in [0, 0.1) is 11.3 Å². The van der Waals surface area contributed by atoms with Crippen LogP contribution in [0.4, 0.5) is 0 Å². The minimum atomic E-state index is -0.346. The summed E-state index contributed by atoms with van der Waals surface area (Å²) in [5.74, 6) is 0.998. The van der Waals surface area contributed by atoms with Crippen LogP contribution in [-0.2, 0) is 10.2 Å². The van der Waals surface area contributed by atoms with Gasteiger partial charge in [0.15, 0.2) is 12.1 Å². The third-order valence-corrected chi connectivity index (χ3v) is 10.2. The maximum atomic E-state index is 13.1. The van der Waals surface area contributed by atoms with Crippen molar-refractivity contribution in [2.24, 2.45) is 4.99 Å². The fourth-order valence-corrected chi connectivity index (χ4v) is 7.47. The Bertz CT molecular complexity index is 1440. The number of aliphatic imine (C=N–C) groups is 1. The molecule has 7 rings (SSSR count). The van der Waals surface area contributed by atoms with Gasteiger partial charge in [-0.3, -0.25) is 14.7 Å². The van der Waals surface area contributed by atoms with Crippen LogP contribution in [-0.4, -0.2) is 126 Å². The molecule has 0 saturated carbocycles. The molecular formula is C32H42ClN11O. The highest BCUT2D eigenvalue weighted by molar-refractivity contribution is 6.30. The third kappa shape index (κ3) is 6.28. The number of allylic oxidation sites excluding steroid dienone is 2. The van der Waals surface area contributed by atoms with Crippen molar-refractivity contribution in [3.8, 4) is 6.07 Å². The van der Waals surface area contributed by atoms with Gasteiger partial charge in [-0.2, -0.15) is 10.7 Å². The molecule has 1 aromatic carbocycles. The van der Waals surface area contributed by atoms with Gasteiger partial charge in [0.05, 0.1) is 18.3 Å². The lowest BCUT2D eigenvalue weighted by molar-refractivity contribution is -0.134. The Morgan fingerprint density at radius 3 is 2.73 bits per heavy atom. The van der Waals surface area contributed by atoms with Gasteiger partial charge < -0.3 is 25.0 Å². The summed E-state index contributed by atoms with van der Waals surface area (Å²) in [5, 5.41) is 17.6. The Labute approximate surface area is 270 Å². The SMILES string of the molecule is CN1CCN(C2CCN(C(=O)CN3C=C(NC4N=C5C(N6CC(CC#N)(c7cccc(Cl)c7)C6)=CC=CN5N4)CN3)CC2)CC1. The molecular weight excluding hydrogens is 590 g/mol. The third-order valence-electron chi connectivity index (χ3n) is 9.92. The van der Waals surface area contributed by atoms with E-state index in [9.17, 15) is 10.1 Å². The van der Waals surface area contributed by atoms with E-state index in [2.05, 4.69) is 56.1 Å².